The van der Waals surface area contributed by atoms with Crippen LogP contribution in [0.1, 0.15) is 20.3 Å². The van der Waals surface area contributed by atoms with Crippen LogP contribution in [0.2, 0.25) is 10.0 Å². The van der Waals surface area contributed by atoms with Crippen molar-refractivity contribution in [2.45, 2.75) is 31.2 Å². The lowest BCUT2D eigenvalue weighted by atomic mass is 10.1. The fraction of sp³-hybridized carbons (Fsp3) is 0.462. The summed E-state index contributed by atoms with van der Waals surface area (Å²) in [6.07, 6.45) is 0.310. The van der Waals surface area contributed by atoms with Gasteiger partial charge in [-0.1, -0.05) is 37.0 Å². The second-order valence-corrected chi connectivity index (χ2v) is 7.43. The largest absolute Gasteiger partial charge is 0.468 e. The van der Waals surface area contributed by atoms with Crippen molar-refractivity contribution in [3.05, 3.63) is 28.2 Å². The van der Waals surface area contributed by atoms with Crippen LogP contribution < -0.4 is 4.72 Å². The lowest BCUT2D eigenvalue weighted by molar-refractivity contribution is -0.143. The number of sulfonamides is 1. The molecule has 118 valence electrons. The number of ether oxygens (including phenoxy) is 1. The Labute approximate surface area is 134 Å². The zero-order valence-electron chi connectivity index (χ0n) is 11.9. The van der Waals surface area contributed by atoms with E-state index in [0.29, 0.717) is 6.42 Å². The Morgan fingerprint density at radius 1 is 1.33 bits per heavy atom. The van der Waals surface area contributed by atoms with Crippen LogP contribution in [0.3, 0.4) is 0 Å². The predicted octanol–water partition coefficient (Wildman–Crippen LogP) is 2.86. The molecule has 1 aromatic carbocycles. The number of carbonyl (C=O) groups excluding carboxylic acids is 1. The molecule has 0 aliphatic heterocycles. The zero-order chi connectivity index (χ0) is 16.2. The summed E-state index contributed by atoms with van der Waals surface area (Å²) in [7, 11) is -2.78. The molecule has 1 atom stereocenters. The van der Waals surface area contributed by atoms with E-state index in [0.717, 1.165) is 0 Å². The third kappa shape index (κ3) is 5.14. The van der Waals surface area contributed by atoms with Gasteiger partial charge in [-0.2, -0.15) is 4.72 Å². The summed E-state index contributed by atoms with van der Waals surface area (Å²) in [4.78, 5) is 11.5. The van der Waals surface area contributed by atoms with E-state index < -0.39 is 22.0 Å². The average Bonchev–Trinajstić information content (AvgIpc) is 2.38. The molecule has 0 saturated carbocycles. The fourth-order valence-corrected chi connectivity index (χ4v) is 3.70. The van der Waals surface area contributed by atoms with Gasteiger partial charge in [0.25, 0.3) is 0 Å². The molecule has 0 spiro atoms. The molecular weight excluding hydrogens is 337 g/mol. The van der Waals surface area contributed by atoms with Gasteiger partial charge in [0.1, 0.15) is 10.9 Å². The molecule has 0 aromatic heterocycles. The molecule has 0 radical (unpaired) electrons. The van der Waals surface area contributed by atoms with E-state index in [4.69, 9.17) is 23.2 Å². The molecule has 8 heteroatoms. The first kappa shape index (κ1) is 18.2. The quantitative estimate of drug-likeness (QED) is 0.798. The molecule has 0 bridgehead atoms. The third-order valence-electron chi connectivity index (χ3n) is 2.67. The summed E-state index contributed by atoms with van der Waals surface area (Å²) < 4.78 is 31.6. The van der Waals surface area contributed by atoms with Crippen LogP contribution >= 0.6 is 23.2 Å². The highest BCUT2D eigenvalue weighted by molar-refractivity contribution is 7.89. The standard InChI is InChI=1S/C13H17Cl2NO4S/c1-8(2)6-11(13(17)20-3)16-21(18,19)12-7-9(14)4-5-10(12)15/h4-5,7-8,11,16H,6H2,1-3H3/t11-/m0/s1. The van der Waals surface area contributed by atoms with Crippen molar-refractivity contribution in [2.24, 2.45) is 5.92 Å². The molecule has 1 N–H and O–H groups in total. The van der Waals surface area contributed by atoms with Gasteiger partial charge in [-0.25, -0.2) is 8.42 Å². The molecule has 21 heavy (non-hydrogen) atoms. The van der Waals surface area contributed by atoms with E-state index in [2.05, 4.69) is 9.46 Å². The summed E-state index contributed by atoms with van der Waals surface area (Å²) >= 11 is 11.7. The summed E-state index contributed by atoms with van der Waals surface area (Å²) in [5, 5.41) is 0.262. The monoisotopic (exact) mass is 353 g/mol. The molecule has 1 aromatic rings. The molecule has 0 saturated heterocycles. The van der Waals surface area contributed by atoms with Gasteiger partial charge in [-0.05, 0) is 30.5 Å². The minimum Gasteiger partial charge on any atom is -0.468 e. The van der Waals surface area contributed by atoms with E-state index in [1.807, 2.05) is 13.8 Å². The number of rotatable bonds is 6. The van der Waals surface area contributed by atoms with Gasteiger partial charge in [0.05, 0.1) is 12.1 Å². The van der Waals surface area contributed by atoms with Crippen molar-refractivity contribution < 1.29 is 17.9 Å². The Kier molecular flexibility index (Phi) is 6.46. The van der Waals surface area contributed by atoms with Gasteiger partial charge in [-0.15, -0.1) is 0 Å². The maximum Gasteiger partial charge on any atom is 0.323 e. The molecule has 0 unspecified atom stereocenters. The van der Waals surface area contributed by atoms with Crippen molar-refractivity contribution in [1.29, 1.82) is 0 Å². The second-order valence-electron chi connectivity index (χ2n) is 4.90. The number of hydrogen-bond donors (Lipinski definition) is 1. The van der Waals surface area contributed by atoms with Crippen molar-refractivity contribution in [1.82, 2.24) is 4.72 Å². The number of methoxy groups -OCH3 is 1. The molecule has 0 amide bonds. The topological polar surface area (TPSA) is 72.5 Å². The lowest BCUT2D eigenvalue weighted by Crippen LogP contribution is -2.42. The average molecular weight is 354 g/mol. The van der Waals surface area contributed by atoms with Crippen LogP contribution in [0.15, 0.2) is 23.1 Å². The Hall–Kier alpha value is -0.820. The molecule has 0 heterocycles. The number of hydrogen-bond acceptors (Lipinski definition) is 4. The molecule has 0 aliphatic rings. The van der Waals surface area contributed by atoms with Gasteiger partial charge < -0.3 is 4.74 Å². The normalized spacial score (nSPS) is 13.2. The highest BCUT2D eigenvalue weighted by Crippen LogP contribution is 2.25. The van der Waals surface area contributed by atoms with Crippen LogP contribution in [-0.2, 0) is 19.6 Å². The smallest absolute Gasteiger partial charge is 0.323 e. The van der Waals surface area contributed by atoms with E-state index in [-0.39, 0.29) is 20.9 Å². The van der Waals surface area contributed by atoms with Crippen LogP contribution in [0.25, 0.3) is 0 Å². The fourth-order valence-electron chi connectivity index (χ4n) is 1.74. The minimum absolute atomic E-state index is 0.0278. The second kappa shape index (κ2) is 7.45. The molecule has 5 nitrogen and oxygen atoms in total. The van der Waals surface area contributed by atoms with Gasteiger partial charge in [-0.3, -0.25) is 4.79 Å². The zero-order valence-corrected chi connectivity index (χ0v) is 14.2. The number of halogens is 2. The van der Waals surface area contributed by atoms with E-state index in [1.165, 1.54) is 25.3 Å². The van der Waals surface area contributed by atoms with Crippen molar-refractivity contribution in [3.63, 3.8) is 0 Å². The Balaban J connectivity index is 3.11. The third-order valence-corrected chi connectivity index (χ3v) is 4.86. The molecule has 0 aliphatic carbocycles. The Morgan fingerprint density at radius 3 is 2.48 bits per heavy atom. The number of nitrogens with one attached hydrogen (secondary N) is 1. The molecule has 0 fully saturated rings. The van der Waals surface area contributed by atoms with Crippen molar-refractivity contribution >= 4 is 39.2 Å². The van der Waals surface area contributed by atoms with Crippen LogP contribution in [-0.4, -0.2) is 27.5 Å². The highest BCUT2D eigenvalue weighted by atomic mass is 35.5. The SMILES string of the molecule is COC(=O)[C@H](CC(C)C)NS(=O)(=O)c1cc(Cl)ccc1Cl. The summed E-state index contributed by atoms with van der Waals surface area (Å²) in [6.45, 7) is 3.74. The Bertz CT molecular complexity index is 617. The van der Waals surface area contributed by atoms with Crippen LogP contribution in [0, 0.1) is 5.92 Å². The maximum atomic E-state index is 12.4. The first-order valence-electron chi connectivity index (χ1n) is 6.22. The first-order valence-corrected chi connectivity index (χ1v) is 8.46. The molecule has 1 rings (SSSR count). The van der Waals surface area contributed by atoms with Crippen LogP contribution in [0.4, 0.5) is 0 Å². The lowest BCUT2D eigenvalue weighted by Gasteiger charge is -2.18. The van der Waals surface area contributed by atoms with Gasteiger partial charge in [0.15, 0.2) is 0 Å². The van der Waals surface area contributed by atoms with Crippen molar-refractivity contribution in [2.75, 3.05) is 7.11 Å². The minimum atomic E-state index is -3.98. The molecular formula is C13H17Cl2NO4S. The highest BCUT2D eigenvalue weighted by Gasteiger charge is 2.28. The maximum absolute atomic E-state index is 12.4. The van der Waals surface area contributed by atoms with E-state index in [1.54, 1.807) is 0 Å². The number of benzene rings is 1. The predicted molar refractivity (Wildman–Crippen MR) is 82.0 cm³/mol. The summed E-state index contributed by atoms with van der Waals surface area (Å²) in [5.41, 5.74) is 0. The van der Waals surface area contributed by atoms with Gasteiger partial charge in [0, 0.05) is 5.02 Å². The number of esters is 1. The van der Waals surface area contributed by atoms with Crippen LogP contribution in [0.5, 0.6) is 0 Å². The van der Waals surface area contributed by atoms with E-state index >= 15 is 0 Å². The van der Waals surface area contributed by atoms with Crippen molar-refractivity contribution in [3.8, 4) is 0 Å². The van der Waals surface area contributed by atoms with Gasteiger partial charge in [0.2, 0.25) is 10.0 Å². The Morgan fingerprint density at radius 2 is 1.95 bits per heavy atom. The van der Waals surface area contributed by atoms with E-state index in [9.17, 15) is 13.2 Å². The summed E-state index contributed by atoms with van der Waals surface area (Å²) in [6, 6.07) is 3.12. The number of carbonyl (C=O) groups is 1. The first-order chi connectivity index (χ1) is 9.67. The summed E-state index contributed by atoms with van der Waals surface area (Å²) in [5.74, 6) is -0.544. The van der Waals surface area contributed by atoms with Gasteiger partial charge >= 0.3 is 5.97 Å².